The molecule has 3 aromatic carbocycles. The second-order valence-electron chi connectivity index (χ2n) is 10.8. The predicted octanol–water partition coefficient (Wildman–Crippen LogP) is 11.3. The maximum Gasteiger partial charge on any atom is 0.495 e. The van der Waals surface area contributed by atoms with Crippen LogP contribution in [0.3, 0.4) is 0 Å². The first-order valence-electron chi connectivity index (χ1n) is 13.9. The summed E-state index contributed by atoms with van der Waals surface area (Å²) in [5.41, 5.74) is 3.06. The number of hydrogen-bond acceptors (Lipinski definition) is 4. The molecule has 20 heteroatoms. The molecule has 2 heterocycles. The number of halogens is 12. The lowest BCUT2D eigenvalue weighted by Crippen LogP contribution is -2.53. The first kappa shape index (κ1) is 41.1. The second-order valence-corrected chi connectivity index (χ2v) is 24.8. The van der Waals surface area contributed by atoms with Crippen LogP contribution in [0.1, 0.15) is 11.1 Å². The minimum atomic E-state index is -1.85. The van der Waals surface area contributed by atoms with E-state index in [4.69, 9.17) is 158 Å². The van der Waals surface area contributed by atoms with Crippen molar-refractivity contribution >= 4 is 180 Å². The van der Waals surface area contributed by atoms with Crippen LogP contribution in [0.5, 0.6) is 0 Å². The van der Waals surface area contributed by atoms with Crippen LogP contribution in [0.2, 0.25) is 0 Å². The van der Waals surface area contributed by atoms with Crippen molar-refractivity contribution in [2.45, 2.75) is 50.9 Å². The lowest BCUT2D eigenvalue weighted by atomic mass is 9.79. The van der Waals surface area contributed by atoms with Crippen LogP contribution in [-0.4, -0.2) is 52.8 Å². The van der Waals surface area contributed by atoms with E-state index in [9.17, 15) is 0 Å². The van der Waals surface area contributed by atoms with Gasteiger partial charge in [-0.25, -0.2) is 0 Å². The van der Waals surface area contributed by atoms with Gasteiger partial charge in [0.05, 0.1) is 0 Å². The molecule has 0 saturated carbocycles. The molecule has 5 rings (SSSR count). The molecule has 2 aliphatic heterocycles. The van der Waals surface area contributed by atoms with Crippen molar-refractivity contribution in [3.8, 4) is 0 Å². The van der Waals surface area contributed by atoms with Gasteiger partial charge >= 0.3 is 14.2 Å². The zero-order chi connectivity index (χ0) is 35.1. The van der Waals surface area contributed by atoms with E-state index in [0.29, 0.717) is 23.2 Å². The molecule has 0 radical (unpaired) electrons. The van der Waals surface area contributed by atoms with Gasteiger partial charge in [-0.15, -0.1) is 0 Å². The molecular formula is C28H22B2Cl12O4P2. The summed E-state index contributed by atoms with van der Waals surface area (Å²) < 4.78 is 17.5. The van der Waals surface area contributed by atoms with Crippen LogP contribution in [0.15, 0.2) is 84.9 Å². The van der Waals surface area contributed by atoms with Gasteiger partial charge in [0.1, 0.15) is 23.4 Å². The average molecular weight is 931 g/mol. The predicted molar refractivity (Wildman–Crippen MR) is 212 cm³/mol. The van der Waals surface area contributed by atoms with E-state index in [1.165, 1.54) is 0 Å². The van der Waals surface area contributed by atoms with E-state index in [0.717, 1.165) is 11.1 Å². The molecule has 2 aliphatic rings. The van der Waals surface area contributed by atoms with Crippen LogP contribution in [-0.2, 0) is 30.9 Å². The van der Waals surface area contributed by atoms with E-state index in [1.54, 1.807) is 0 Å². The second kappa shape index (κ2) is 16.8. The van der Waals surface area contributed by atoms with Gasteiger partial charge in [0.15, 0.2) is 0 Å². The molecule has 2 saturated heterocycles. The standard InChI is InChI=1S/C28H22B2Cl12O4P2/c31-25(32,33)21-43-29(19-7-3-1-4-8-19)44-22(26(34,35)36)47(21)15-17-11-13-18(14-12-17)16-48-23(27(37,38)39)45-30(20-9-5-2-6-10-20)46-24(48)28(40,41)42/h1-14,21-24H,15-16H2. The number of rotatable bonds is 6. The highest BCUT2D eigenvalue weighted by Gasteiger charge is 2.57. The van der Waals surface area contributed by atoms with Crippen molar-refractivity contribution < 1.29 is 18.6 Å². The van der Waals surface area contributed by atoms with Crippen LogP contribution in [0.25, 0.3) is 0 Å². The van der Waals surface area contributed by atoms with Gasteiger partial charge in [0.2, 0.25) is 15.2 Å². The topological polar surface area (TPSA) is 36.9 Å². The highest BCUT2D eigenvalue weighted by atomic mass is 35.6. The number of benzene rings is 3. The molecule has 4 atom stereocenters. The Labute approximate surface area is 342 Å². The average Bonchev–Trinajstić information content (AvgIpc) is 3.01. The molecule has 0 N–H and O–H groups in total. The highest BCUT2D eigenvalue weighted by Crippen LogP contribution is 2.66. The Morgan fingerprint density at radius 3 is 0.896 bits per heavy atom. The Balaban J connectivity index is 1.39. The molecule has 0 bridgehead atoms. The maximum absolute atomic E-state index is 6.48. The summed E-state index contributed by atoms with van der Waals surface area (Å²) in [6.45, 7) is 0. The maximum atomic E-state index is 6.48. The summed E-state index contributed by atoms with van der Waals surface area (Å²) in [7, 11) is -4.93. The quantitative estimate of drug-likeness (QED) is 0.140. The summed E-state index contributed by atoms with van der Waals surface area (Å²) in [6.07, 6.45) is 0.670. The van der Waals surface area contributed by atoms with Gasteiger partial charge in [-0.3, -0.25) is 0 Å². The van der Waals surface area contributed by atoms with E-state index < -0.39 is 68.6 Å². The van der Waals surface area contributed by atoms with Gasteiger partial charge in [-0.05, 0) is 50.2 Å². The van der Waals surface area contributed by atoms with Crippen LogP contribution >= 0.6 is 155 Å². The van der Waals surface area contributed by atoms with Crippen molar-refractivity contribution in [1.29, 1.82) is 0 Å². The van der Waals surface area contributed by atoms with Crippen molar-refractivity contribution in [2.75, 3.05) is 0 Å². The molecular weight excluding hydrogens is 909 g/mol. The van der Waals surface area contributed by atoms with Crippen LogP contribution < -0.4 is 10.9 Å². The summed E-state index contributed by atoms with van der Waals surface area (Å²) in [5.74, 6) is -3.76. The van der Waals surface area contributed by atoms with E-state index in [1.807, 2.05) is 84.9 Å². The zero-order valence-corrected chi connectivity index (χ0v) is 34.9. The molecule has 0 aromatic heterocycles. The van der Waals surface area contributed by atoms with Crippen molar-refractivity contribution in [2.24, 2.45) is 0 Å². The fourth-order valence-electron chi connectivity index (χ4n) is 5.19. The van der Waals surface area contributed by atoms with E-state index in [-0.39, 0.29) is 0 Å². The minimum absolute atomic E-state index is 0.335. The molecule has 3 aromatic rings. The smallest absolute Gasteiger partial charge is 0.396 e. The molecule has 2 fully saturated rings. The molecule has 0 spiro atoms. The van der Waals surface area contributed by atoms with Gasteiger partial charge < -0.3 is 18.6 Å². The first-order valence-corrected chi connectivity index (χ1v) is 21.8. The molecule has 0 aliphatic carbocycles. The third-order valence-electron chi connectivity index (χ3n) is 7.23. The van der Waals surface area contributed by atoms with Crippen molar-refractivity contribution in [3.63, 3.8) is 0 Å². The monoisotopic (exact) mass is 926 g/mol. The third-order valence-corrected chi connectivity index (χ3v) is 17.3. The lowest BCUT2D eigenvalue weighted by Gasteiger charge is -2.46. The SMILES string of the molecule is ClC(Cl)(Cl)C1OB(c2ccccc2)OC(C(Cl)(Cl)Cl)P1Cc1ccc(CP2C(C(Cl)(Cl)Cl)OB(c3ccccc3)OC2C(Cl)(Cl)Cl)cc1. The van der Waals surface area contributed by atoms with Gasteiger partial charge in [-0.2, -0.15) is 0 Å². The summed E-state index contributed by atoms with van der Waals surface area (Å²) in [4.78, 5) is 0. The zero-order valence-electron chi connectivity index (χ0n) is 24.0. The summed E-state index contributed by atoms with van der Waals surface area (Å²) >= 11 is 77.7. The Morgan fingerprint density at radius 1 is 0.417 bits per heavy atom. The Bertz CT molecular complexity index is 1330. The largest absolute Gasteiger partial charge is 0.495 e. The Morgan fingerprint density at radius 2 is 0.667 bits per heavy atom. The molecule has 4 unspecified atom stereocenters. The van der Waals surface area contributed by atoms with Crippen molar-refractivity contribution in [1.82, 2.24) is 0 Å². The third kappa shape index (κ3) is 10.6. The van der Waals surface area contributed by atoms with Gasteiger partial charge in [-0.1, -0.05) is 224 Å². The first-order chi connectivity index (χ1) is 22.3. The molecule has 48 heavy (non-hydrogen) atoms. The Kier molecular flexibility index (Phi) is 14.4. The van der Waals surface area contributed by atoms with Crippen LogP contribution in [0.4, 0.5) is 0 Å². The highest BCUT2D eigenvalue weighted by molar-refractivity contribution is 7.59. The molecule has 258 valence electrons. The van der Waals surface area contributed by atoms with Crippen LogP contribution in [0, 0.1) is 0 Å². The minimum Gasteiger partial charge on any atom is -0.396 e. The fourth-order valence-corrected chi connectivity index (χ4v) is 15.3. The molecule has 4 nitrogen and oxygen atoms in total. The summed E-state index contributed by atoms with van der Waals surface area (Å²) in [6, 6.07) is 25.9. The lowest BCUT2D eigenvalue weighted by molar-refractivity contribution is 0.148. The molecule has 0 amide bonds. The Hall–Kier alpha value is 1.97. The van der Waals surface area contributed by atoms with Gasteiger partial charge in [0, 0.05) is 0 Å². The fraction of sp³-hybridized carbons (Fsp3) is 0.357. The summed E-state index contributed by atoms with van der Waals surface area (Å²) in [5, 5.41) is 0. The number of alkyl halides is 12. The van der Waals surface area contributed by atoms with E-state index in [2.05, 4.69) is 0 Å². The van der Waals surface area contributed by atoms with E-state index >= 15 is 0 Å². The normalized spacial score (nSPS) is 26.1. The van der Waals surface area contributed by atoms with Gasteiger partial charge in [0.25, 0.3) is 0 Å². The number of hydrogen-bond donors (Lipinski definition) is 0. The van der Waals surface area contributed by atoms with Crippen molar-refractivity contribution in [3.05, 3.63) is 96.1 Å².